The fourth-order valence-corrected chi connectivity index (χ4v) is 1.94. The topological polar surface area (TPSA) is 39.1 Å². The third kappa shape index (κ3) is 1.52. The molecule has 1 atom stereocenters. The predicted molar refractivity (Wildman–Crippen MR) is 57.6 cm³/mol. The van der Waals surface area contributed by atoms with Crippen molar-refractivity contribution in [2.24, 2.45) is 0 Å². The number of rotatable bonds is 1. The minimum absolute atomic E-state index is 0.0751. The van der Waals surface area contributed by atoms with E-state index in [0.29, 0.717) is 0 Å². The summed E-state index contributed by atoms with van der Waals surface area (Å²) in [6, 6.07) is 8.11. The first kappa shape index (κ1) is 8.88. The first-order chi connectivity index (χ1) is 7.45. The van der Waals surface area contributed by atoms with Crippen LogP contribution in [0.3, 0.4) is 0 Å². The van der Waals surface area contributed by atoms with Gasteiger partial charge in [-0.1, -0.05) is 12.1 Å². The number of nitrogens with one attached hydrogen (secondary N) is 1. The molecule has 78 valence electrons. The van der Waals surface area contributed by atoms with Gasteiger partial charge < -0.3 is 14.6 Å². The Morgan fingerprint density at radius 1 is 1.40 bits per heavy atom. The predicted octanol–water partition coefficient (Wildman–Crippen LogP) is 1.15. The van der Waals surface area contributed by atoms with Gasteiger partial charge >= 0.3 is 0 Å². The van der Waals surface area contributed by atoms with Crippen LogP contribution >= 0.6 is 0 Å². The first-order valence-corrected chi connectivity index (χ1v) is 5.19. The maximum atomic E-state index is 5.69. The van der Waals surface area contributed by atoms with E-state index in [2.05, 4.69) is 20.9 Å². The molecule has 0 radical (unpaired) electrons. The van der Waals surface area contributed by atoms with Crippen LogP contribution in [0.1, 0.15) is 6.23 Å². The van der Waals surface area contributed by atoms with Gasteiger partial charge in [-0.2, -0.15) is 0 Å². The Morgan fingerprint density at radius 2 is 2.33 bits per heavy atom. The lowest BCUT2D eigenvalue weighted by Crippen LogP contribution is -2.36. The van der Waals surface area contributed by atoms with E-state index >= 15 is 0 Å². The van der Waals surface area contributed by atoms with Gasteiger partial charge in [0.15, 0.2) is 0 Å². The normalized spacial score (nSPS) is 22.0. The average molecular weight is 203 g/mol. The Bertz CT molecular complexity index is 460. The quantitative estimate of drug-likeness (QED) is 0.755. The van der Waals surface area contributed by atoms with E-state index in [4.69, 9.17) is 4.74 Å². The van der Waals surface area contributed by atoms with E-state index in [1.807, 2.05) is 24.5 Å². The number of morpholine rings is 1. The van der Waals surface area contributed by atoms with Crippen LogP contribution in [0.4, 0.5) is 0 Å². The van der Waals surface area contributed by atoms with Gasteiger partial charge in [0.25, 0.3) is 0 Å². The van der Waals surface area contributed by atoms with E-state index in [-0.39, 0.29) is 6.23 Å². The fraction of sp³-hybridized carbons (Fsp3) is 0.364. The second kappa shape index (κ2) is 3.64. The van der Waals surface area contributed by atoms with Gasteiger partial charge in [0, 0.05) is 13.1 Å². The first-order valence-electron chi connectivity index (χ1n) is 5.19. The Kier molecular flexibility index (Phi) is 2.16. The van der Waals surface area contributed by atoms with Crippen molar-refractivity contribution in [3.63, 3.8) is 0 Å². The summed E-state index contributed by atoms with van der Waals surface area (Å²) in [4.78, 5) is 4.35. The zero-order valence-electron chi connectivity index (χ0n) is 8.39. The van der Waals surface area contributed by atoms with Gasteiger partial charge in [0.05, 0.1) is 24.0 Å². The summed E-state index contributed by atoms with van der Waals surface area (Å²) in [6.45, 7) is 2.54. The lowest BCUT2D eigenvalue weighted by Gasteiger charge is -2.25. The Morgan fingerprint density at radius 3 is 3.20 bits per heavy atom. The van der Waals surface area contributed by atoms with Crippen LogP contribution in [0, 0.1) is 0 Å². The van der Waals surface area contributed by atoms with Crippen molar-refractivity contribution in [3.05, 3.63) is 30.6 Å². The second-order valence-electron chi connectivity index (χ2n) is 3.67. The smallest absolute Gasteiger partial charge is 0.147 e. The maximum absolute atomic E-state index is 5.69. The van der Waals surface area contributed by atoms with Gasteiger partial charge in [-0.25, -0.2) is 4.98 Å². The summed E-state index contributed by atoms with van der Waals surface area (Å²) in [5.41, 5.74) is 2.15. The summed E-state index contributed by atoms with van der Waals surface area (Å²) in [5.74, 6) is 0. The van der Waals surface area contributed by atoms with Crippen molar-refractivity contribution >= 4 is 11.0 Å². The van der Waals surface area contributed by atoms with E-state index in [9.17, 15) is 0 Å². The molecule has 0 saturated carbocycles. The van der Waals surface area contributed by atoms with Crippen LogP contribution < -0.4 is 5.32 Å². The van der Waals surface area contributed by atoms with Gasteiger partial charge in [-0.15, -0.1) is 0 Å². The largest absolute Gasteiger partial charge is 0.355 e. The summed E-state index contributed by atoms with van der Waals surface area (Å²) >= 11 is 0. The molecular formula is C11H13N3O. The molecule has 0 spiro atoms. The molecule has 1 saturated heterocycles. The van der Waals surface area contributed by atoms with Crippen molar-refractivity contribution in [3.8, 4) is 0 Å². The van der Waals surface area contributed by atoms with Crippen molar-refractivity contribution in [1.82, 2.24) is 14.9 Å². The number of aromatic nitrogens is 2. The number of nitrogens with zero attached hydrogens (tertiary/aromatic N) is 2. The molecule has 1 aliphatic rings. The third-order valence-electron chi connectivity index (χ3n) is 2.70. The highest BCUT2D eigenvalue weighted by Gasteiger charge is 2.16. The number of hydrogen-bond donors (Lipinski definition) is 1. The van der Waals surface area contributed by atoms with E-state index in [1.54, 1.807) is 0 Å². The maximum Gasteiger partial charge on any atom is 0.147 e. The highest BCUT2D eigenvalue weighted by Crippen LogP contribution is 2.18. The average Bonchev–Trinajstić information content (AvgIpc) is 2.74. The molecule has 1 unspecified atom stereocenters. The molecule has 0 aliphatic carbocycles. The standard InChI is InChI=1S/C11H13N3O/c1-2-4-10-9(3-1)13-8-14(10)11-7-12-5-6-15-11/h1-4,8,11-12H,5-7H2. The lowest BCUT2D eigenvalue weighted by atomic mass is 10.3. The lowest BCUT2D eigenvalue weighted by molar-refractivity contribution is -0.0169. The van der Waals surface area contributed by atoms with Crippen LogP contribution in [-0.2, 0) is 4.74 Å². The summed E-state index contributed by atoms with van der Waals surface area (Å²) in [6.07, 6.45) is 1.92. The fourth-order valence-electron chi connectivity index (χ4n) is 1.94. The Hall–Kier alpha value is -1.39. The monoisotopic (exact) mass is 203 g/mol. The van der Waals surface area contributed by atoms with Crippen molar-refractivity contribution in [2.75, 3.05) is 19.7 Å². The molecular weight excluding hydrogens is 190 g/mol. The molecule has 4 nitrogen and oxygen atoms in total. The molecule has 2 heterocycles. The number of benzene rings is 1. The number of para-hydroxylation sites is 2. The van der Waals surface area contributed by atoms with E-state index in [0.717, 1.165) is 30.7 Å². The van der Waals surface area contributed by atoms with Gasteiger partial charge in [0.1, 0.15) is 6.23 Å². The Balaban J connectivity index is 2.02. The van der Waals surface area contributed by atoms with Crippen LogP contribution in [0.25, 0.3) is 11.0 Å². The van der Waals surface area contributed by atoms with Gasteiger partial charge in [-0.05, 0) is 12.1 Å². The van der Waals surface area contributed by atoms with Crippen molar-refractivity contribution < 1.29 is 4.74 Å². The number of ether oxygens (including phenoxy) is 1. The van der Waals surface area contributed by atoms with Gasteiger partial charge in [0.2, 0.25) is 0 Å². The summed E-state index contributed by atoms with van der Waals surface area (Å²) in [5, 5.41) is 3.31. The molecule has 0 bridgehead atoms. The van der Waals surface area contributed by atoms with E-state index < -0.39 is 0 Å². The molecule has 2 aromatic rings. The highest BCUT2D eigenvalue weighted by atomic mass is 16.5. The molecule has 1 aliphatic heterocycles. The molecule has 3 rings (SSSR count). The van der Waals surface area contributed by atoms with Crippen molar-refractivity contribution in [1.29, 1.82) is 0 Å². The molecule has 15 heavy (non-hydrogen) atoms. The molecule has 4 heteroatoms. The zero-order valence-corrected chi connectivity index (χ0v) is 8.39. The minimum atomic E-state index is 0.0751. The molecule has 1 N–H and O–H groups in total. The Labute approximate surface area is 87.9 Å². The summed E-state index contributed by atoms with van der Waals surface area (Å²) in [7, 11) is 0. The van der Waals surface area contributed by atoms with Crippen LogP contribution in [-0.4, -0.2) is 29.2 Å². The SMILES string of the molecule is c1ccc2c(c1)ncn2C1CNCCO1. The minimum Gasteiger partial charge on any atom is -0.355 e. The highest BCUT2D eigenvalue weighted by molar-refractivity contribution is 5.75. The van der Waals surface area contributed by atoms with Gasteiger partial charge in [-0.3, -0.25) is 0 Å². The van der Waals surface area contributed by atoms with E-state index in [1.165, 1.54) is 0 Å². The molecule has 0 amide bonds. The molecule has 1 aromatic heterocycles. The van der Waals surface area contributed by atoms with Crippen LogP contribution in [0.15, 0.2) is 30.6 Å². The number of imidazole rings is 1. The van der Waals surface area contributed by atoms with Crippen LogP contribution in [0.2, 0.25) is 0 Å². The van der Waals surface area contributed by atoms with Crippen molar-refractivity contribution in [2.45, 2.75) is 6.23 Å². The molecule has 1 aromatic carbocycles. The second-order valence-corrected chi connectivity index (χ2v) is 3.67. The molecule has 1 fully saturated rings. The number of fused-ring (bicyclic) bond motifs is 1. The van der Waals surface area contributed by atoms with Crippen LogP contribution in [0.5, 0.6) is 0 Å². The number of hydrogen-bond acceptors (Lipinski definition) is 3. The third-order valence-corrected chi connectivity index (χ3v) is 2.70. The summed E-state index contributed by atoms with van der Waals surface area (Å²) < 4.78 is 7.78. The zero-order chi connectivity index (χ0) is 10.1.